The number of carbonyl (C=O) groups is 5. The third-order valence-corrected chi connectivity index (χ3v) is 6.38. The van der Waals surface area contributed by atoms with E-state index in [2.05, 4.69) is 6.92 Å². The quantitative estimate of drug-likeness (QED) is 0.250. The second kappa shape index (κ2) is 11.5. The summed E-state index contributed by atoms with van der Waals surface area (Å²) in [6.07, 6.45) is 8.27. The molecule has 9 nitrogen and oxygen atoms in total. The lowest BCUT2D eigenvalue weighted by atomic mass is 9.79. The third kappa shape index (κ3) is 6.20. The fourth-order valence-corrected chi connectivity index (χ4v) is 4.24. The Bertz CT molecular complexity index is 1140. The molecule has 2 rings (SSSR count). The highest BCUT2D eigenvalue weighted by atomic mass is 35.5. The first-order valence-electron chi connectivity index (χ1n) is 11.4. The van der Waals surface area contributed by atoms with Gasteiger partial charge < -0.3 is 19.8 Å². The van der Waals surface area contributed by atoms with Crippen LogP contribution < -0.4 is 0 Å². The average Bonchev–Trinajstić information content (AvgIpc) is 2.79. The molecule has 0 bridgehead atoms. The number of Topliss-reactive ketones (excluding diaryl/α,β-unsaturated/α-hetero) is 2. The number of esters is 1. The van der Waals surface area contributed by atoms with E-state index in [4.69, 9.17) is 21.4 Å². The van der Waals surface area contributed by atoms with Gasteiger partial charge in [0.25, 0.3) is 0 Å². The molecule has 0 aromatic heterocycles. The molecule has 0 amide bonds. The number of hydrogen-bond donors (Lipinski definition) is 2. The van der Waals surface area contributed by atoms with E-state index in [-0.39, 0.29) is 22.6 Å². The molecule has 1 aliphatic carbocycles. The van der Waals surface area contributed by atoms with Crippen LogP contribution >= 0.6 is 11.6 Å². The Kier molecular flexibility index (Phi) is 9.21. The van der Waals surface area contributed by atoms with E-state index in [1.165, 1.54) is 17.2 Å². The molecule has 2 aliphatic rings. The summed E-state index contributed by atoms with van der Waals surface area (Å²) in [4.78, 5) is 62.4. The van der Waals surface area contributed by atoms with Crippen molar-refractivity contribution in [1.82, 2.24) is 4.90 Å². The molecule has 194 valence electrons. The van der Waals surface area contributed by atoms with Gasteiger partial charge in [0.15, 0.2) is 0 Å². The Morgan fingerprint density at radius 3 is 2.36 bits per heavy atom. The van der Waals surface area contributed by atoms with Gasteiger partial charge in [-0.1, -0.05) is 49.6 Å². The van der Waals surface area contributed by atoms with Crippen molar-refractivity contribution in [1.29, 1.82) is 0 Å². The Labute approximate surface area is 214 Å². The van der Waals surface area contributed by atoms with E-state index in [1.54, 1.807) is 12.2 Å². The molecule has 2 N–H and O–H groups in total. The number of hydrogen-bond acceptors (Lipinski definition) is 7. The predicted octanol–water partition coefficient (Wildman–Crippen LogP) is 3.90. The van der Waals surface area contributed by atoms with Crippen molar-refractivity contribution in [3.63, 3.8) is 0 Å². The number of carboxylic acids is 2. The predicted molar refractivity (Wildman–Crippen MR) is 132 cm³/mol. The minimum absolute atomic E-state index is 0.0677. The largest absolute Gasteiger partial charge is 0.481 e. The van der Waals surface area contributed by atoms with Crippen LogP contribution in [0, 0.1) is 5.92 Å². The normalized spacial score (nSPS) is 22.2. The monoisotopic (exact) mass is 519 g/mol. The first-order chi connectivity index (χ1) is 16.7. The molecule has 0 radical (unpaired) electrons. The van der Waals surface area contributed by atoms with Crippen molar-refractivity contribution < 1.29 is 38.9 Å². The fourth-order valence-electron chi connectivity index (χ4n) is 3.90. The maximum absolute atomic E-state index is 13.3. The number of carbonyl (C=O) groups excluding carboxylic acids is 3. The minimum Gasteiger partial charge on any atom is -0.481 e. The van der Waals surface area contributed by atoms with Crippen molar-refractivity contribution in [3.05, 3.63) is 58.0 Å². The number of allylic oxidation sites excluding steroid dienone is 6. The zero-order chi connectivity index (χ0) is 27.4. The molecule has 1 aliphatic heterocycles. The summed E-state index contributed by atoms with van der Waals surface area (Å²) in [5, 5.41) is 18.7. The molecule has 3 atom stereocenters. The molecule has 1 heterocycles. The number of carboxylic acid groups (broad SMARTS) is 2. The lowest BCUT2D eigenvalue weighted by Gasteiger charge is -2.37. The van der Waals surface area contributed by atoms with Gasteiger partial charge in [0.05, 0.1) is 5.03 Å². The summed E-state index contributed by atoms with van der Waals surface area (Å²) in [5.74, 6) is -4.79. The molecule has 36 heavy (non-hydrogen) atoms. The SMILES string of the molecule is CCC(C)/C=C(C)/C=C/C1=CC2=C(Cl)C(=O)C(C)(OC(C)=O)C(=O)C2=CN1C(CCC(=O)O)C(=O)O. The van der Waals surface area contributed by atoms with Crippen LogP contribution in [0.4, 0.5) is 0 Å². The van der Waals surface area contributed by atoms with Gasteiger partial charge in [-0.05, 0) is 38.3 Å². The molecule has 0 saturated carbocycles. The van der Waals surface area contributed by atoms with Gasteiger partial charge in [0.1, 0.15) is 6.04 Å². The van der Waals surface area contributed by atoms with Crippen molar-refractivity contribution in [2.75, 3.05) is 0 Å². The summed E-state index contributed by atoms with van der Waals surface area (Å²) < 4.78 is 5.05. The maximum Gasteiger partial charge on any atom is 0.326 e. The second-order valence-electron chi connectivity index (χ2n) is 8.95. The summed E-state index contributed by atoms with van der Waals surface area (Å²) in [6, 6.07) is -1.34. The molecule has 0 aromatic carbocycles. The van der Waals surface area contributed by atoms with Crippen molar-refractivity contribution in [2.45, 2.75) is 65.5 Å². The lowest BCUT2D eigenvalue weighted by Crippen LogP contribution is -2.52. The van der Waals surface area contributed by atoms with Gasteiger partial charge in [0.2, 0.25) is 17.2 Å². The summed E-state index contributed by atoms with van der Waals surface area (Å²) in [5.41, 5.74) is -1.07. The van der Waals surface area contributed by atoms with E-state index >= 15 is 0 Å². The number of rotatable bonds is 10. The van der Waals surface area contributed by atoms with Gasteiger partial charge in [0, 0.05) is 36.4 Å². The molecule has 0 aromatic rings. The number of ketones is 2. The standard InChI is InChI=1S/C26H30ClNO8/c1-6-14(2)11-15(3)7-8-17-12-18-19(13-28(17)20(25(34)35)9-10-21(30)31)23(32)26(5,36-16(4)29)24(33)22(18)27/h7-8,11-14,20H,6,9-10H2,1-5H3,(H,30,31)(H,34,35)/b8-7+,15-11+. The molecular weight excluding hydrogens is 490 g/mol. The van der Waals surface area contributed by atoms with Crippen LogP contribution in [0.2, 0.25) is 0 Å². The zero-order valence-corrected chi connectivity index (χ0v) is 21.6. The Balaban J connectivity index is 2.70. The van der Waals surface area contributed by atoms with Gasteiger partial charge in [-0.15, -0.1) is 0 Å². The molecule has 0 saturated heterocycles. The van der Waals surface area contributed by atoms with Crippen LogP contribution in [-0.2, 0) is 28.7 Å². The highest BCUT2D eigenvalue weighted by molar-refractivity contribution is 6.49. The van der Waals surface area contributed by atoms with Crippen LogP contribution in [0.25, 0.3) is 0 Å². The van der Waals surface area contributed by atoms with Gasteiger partial charge >= 0.3 is 17.9 Å². The van der Waals surface area contributed by atoms with Crippen LogP contribution in [0.15, 0.2) is 58.0 Å². The Hall–Kier alpha value is -3.46. The van der Waals surface area contributed by atoms with Crippen molar-refractivity contribution in [3.8, 4) is 0 Å². The Morgan fingerprint density at radius 1 is 1.19 bits per heavy atom. The third-order valence-electron chi connectivity index (χ3n) is 6.00. The van der Waals surface area contributed by atoms with Crippen LogP contribution in [0.3, 0.4) is 0 Å². The number of nitrogens with zero attached hydrogens (tertiary/aromatic N) is 1. The first kappa shape index (κ1) is 28.8. The topological polar surface area (TPSA) is 138 Å². The van der Waals surface area contributed by atoms with Gasteiger partial charge in [-0.3, -0.25) is 19.2 Å². The van der Waals surface area contributed by atoms with E-state index in [1.807, 2.05) is 19.9 Å². The second-order valence-corrected chi connectivity index (χ2v) is 9.33. The lowest BCUT2D eigenvalue weighted by molar-refractivity contribution is -0.167. The van der Waals surface area contributed by atoms with E-state index in [0.717, 1.165) is 25.8 Å². The highest BCUT2D eigenvalue weighted by Gasteiger charge is 2.52. The summed E-state index contributed by atoms with van der Waals surface area (Å²) >= 11 is 6.34. The van der Waals surface area contributed by atoms with Gasteiger partial charge in [-0.25, -0.2) is 4.79 Å². The van der Waals surface area contributed by atoms with E-state index < -0.39 is 47.5 Å². The van der Waals surface area contributed by atoms with E-state index in [0.29, 0.717) is 11.6 Å². The maximum atomic E-state index is 13.3. The number of fused-ring (bicyclic) bond motifs is 1. The first-order valence-corrected chi connectivity index (χ1v) is 11.8. The van der Waals surface area contributed by atoms with Crippen LogP contribution in [0.1, 0.15) is 53.9 Å². The van der Waals surface area contributed by atoms with E-state index in [9.17, 15) is 29.1 Å². The number of aliphatic carboxylic acids is 2. The molecular formula is C26H30ClNO8. The van der Waals surface area contributed by atoms with Crippen LogP contribution in [-0.4, -0.2) is 56.2 Å². The minimum atomic E-state index is -2.21. The number of halogens is 1. The molecule has 0 spiro atoms. The Morgan fingerprint density at radius 2 is 1.83 bits per heavy atom. The van der Waals surface area contributed by atoms with Crippen molar-refractivity contribution in [2.24, 2.45) is 5.92 Å². The average molecular weight is 520 g/mol. The smallest absolute Gasteiger partial charge is 0.326 e. The fraction of sp³-hybridized carbons (Fsp3) is 0.423. The van der Waals surface area contributed by atoms with Crippen LogP contribution in [0.5, 0.6) is 0 Å². The highest BCUT2D eigenvalue weighted by Crippen LogP contribution is 2.40. The van der Waals surface area contributed by atoms with Gasteiger partial charge in [-0.2, -0.15) is 0 Å². The summed E-state index contributed by atoms with van der Waals surface area (Å²) in [6.45, 7) is 8.15. The zero-order valence-electron chi connectivity index (χ0n) is 20.8. The summed E-state index contributed by atoms with van der Waals surface area (Å²) in [7, 11) is 0. The molecule has 0 fully saturated rings. The molecule has 3 unspecified atom stereocenters. The number of ether oxygens (including phenoxy) is 1. The molecule has 10 heteroatoms. The van der Waals surface area contributed by atoms with Crippen molar-refractivity contribution >= 4 is 41.1 Å².